The predicted molar refractivity (Wildman–Crippen MR) is 102 cm³/mol. The molecule has 0 saturated carbocycles. The first-order chi connectivity index (χ1) is 11.1. The van der Waals surface area contributed by atoms with E-state index in [1.807, 2.05) is 0 Å². The molecule has 1 aliphatic rings. The number of piperazine rings is 1. The molecular formula is C19H25N3S. The van der Waals surface area contributed by atoms with Gasteiger partial charge in [-0.15, -0.1) is 0 Å². The van der Waals surface area contributed by atoms with Crippen molar-refractivity contribution in [2.24, 2.45) is 0 Å². The average Bonchev–Trinajstić information content (AvgIpc) is 2.55. The summed E-state index contributed by atoms with van der Waals surface area (Å²) in [5.74, 6) is 0. The number of hydrogen-bond donors (Lipinski definition) is 1. The van der Waals surface area contributed by atoms with E-state index in [1.165, 1.54) is 16.3 Å². The maximum Gasteiger partial charge on any atom is 0.169 e. The maximum absolute atomic E-state index is 5.48. The van der Waals surface area contributed by atoms with Crippen LogP contribution in [-0.2, 0) is 6.54 Å². The minimum Gasteiger partial charge on any atom is -0.360 e. The smallest absolute Gasteiger partial charge is 0.169 e. The topological polar surface area (TPSA) is 18.5 Å². The molecule has 2 aromatic carbocycles. The monoisotopic (exact) mass is 327 g/mol. The van der Waals surface area contributed by atoms with Crippen LogP contribution in [0.5, 0.6) is 0 Å². The Balaban J connectivity index is 1.61. The Morgan fingerprint density at radius 1 is 1.04 bits per heavy atom. The molecule has 122 valence electrons. The Hall–Kier alpha value is -1.65. The highest BCUT2D eigenvalue weighted by Crippen LogP contribution is 2.20. The van der Waals surface area contributed by atoms with E-state index >= 15 is 0 Å². The third-order valence-electron chi connectivity index (χ3n) is 4.35. The van der Waals surface area contributed by atoms with Crippen molar-refractivity contribution in [3.8, 4) is 0 Å². The van der Waals surface area contributed by atoms with Gasteiger partial charge in [0, 0.05) is 38.8 Å². The van der Waals surface area contributed by atoms with Gasteiger partial charge in [0.05, 0.1) is 0 Å². The van der Waals surface area contributed by atoms with Gasteiger partial charge in [-0.05, 0) is 42.4 Å². The van der Waals surface area contributed by atoms with Crippen molar-refractivity contribution < 1.29 is 0 Å². The quantitative estimate of drug-likeness (QED) is 0.872. The van der Waals surface area contributed by atoms with Crippen LogP contribution in [0.4, 0.5) is 0 Å². The van der Waals surface area contributed by atoms with Crippen molar-refractivity contribution in [2.45, 2.75) is 26.4 Å². The summed E-state index contributed by atoms with van der Waals surface area (Å²) in [7, 11) is 0. The van der Waals surface area contributed by atoms with E-state index in [1.54, 1.807) is 0 Å². The van der Waals surface area contributed by atoms with Gasteiger partial charge in [-0.2, -0.15) is 0 Å². The van der Waals surface area contributed by atoms with Crippen molar-refractivity contribution in [1.82, 2.24) is 15.1 Å². The molecule has 1 saturated heterocycles. The first-order valence-electron chi connectivity index (χ1n) is 8.38. The lowest BCUT2D eigenvalue weighted by molar-refractivity contribution is 0.174. The second-order valence-electron chi connectivity index (χ2n) is 6.51. The Bertz CT molecular complexity index is 670. The highest BCUT2D eigenvalue weighted by Gasteiger charge is 2.19. The number of thiocarbonyl (C=S) groups is 1. The normalized spacial score (nSPS) is 16.0. The van der Waals surface area contributed by atoms with Crippen LogP contribution in [0.25, 0.3) is 10.8 Å². The lowest BCUT2D eigenvalue weighted by Crippen LogP contribution is -2.52. The molecule has 1 aliphatic heterocycles. The van der Waals surface area contributed by atoms with Gasteiger partial charge in [-0.3, -0.25) is 4.90 Å². The number of fused-ring (bicyclic) bond motifs is 1. The van der Waals surface area contributed by atoms with Crippen LogP contribution in [0.2, 0.25) is 0 Å². The van der Waals surface area contributed by atoms with Crippen LogP contribution in [0.3, 0.4) is 0 Å². The molecular weight excluding hydrogens is 302 g/mol. The molecule has 0 aliphatic carbocycles. The molecule has 0 aromatic heterocycles. The van der Waals surface area contributed by atoms with Crippen molar-refractivity contribution in [3.63, 3.8) is 0 Å². The summed E-state index contributed by atoms with van der Waals surface area (Å²) in [6, 6.07) is 15.6. The zero-order chi connectivity index (χ0) is 16.2. The number of nitrogens with one attached hydrogen (secondary N) is 1. The molecule has 4 heteroatoms. The molecule has 1 N–H and O–H groups in total. The van der Waals surface area contributed by atoms with Gasteiger partial charge in [-0.25, -0.2) is 0 Å². The van der Waals surface area contributed by atoms with Crippen LogP contribution < -0.4 is 5.32 Å². The molecule has 0 atom stereocenters. The highest BCUT2D eigenvalue weighted by molar-refractivity contribution is 7.80. The average molecular weight is 327 g/mol. The van der Waals surface area contributed by atoms with E-state index in [-0.39, 0.29) is 0 Å². The molecule has 0 radical (unpaired) electrons. The largest absolute Gasteiger partial charge is 0.360 e. The SMILES string of the molecule is CC(C)NC(=S)N1CCN(Cc2cccc3ccccc23)CC1. The Labute approximate surface area is 144 Å². The fourth-order valence-corrected chi connectivity index (χ4v) is 3.54. The third-order valence-corrected chi connectivity index (χ3v) is 4.72. The summed E-state index contributed by atoms with van der Waals surface area (Å²) in [6.07, 6.45) is 0. The predicted octanol–water partition coefficient (Wildman–Crippen LogP) is 3.24. The summed E-state index contributed by atoms with van der Waals surface area (Å²) in [6.45, 7) is 9.39. The van der Waals surface area contributed by atoms with Gasteiger partial charge in [0.25, 0.3) is 0 Å². The molecule has 1 fully saturated rings. The lowest BCUT2D eigenvalue weighted by atomic mass is 10.0. The number of nitrogens with zero attached hydrogens (tertiary/aromatic N) is 2. The molecule has 0 amide bonds. The summed E-state index contributed by atoms with van der Waals surface area (Å²) < 4.78 is 0. The van der Waals surface area contributed by atoms with Crippen LogP contribution in [0.1, 0.15) is 19.4 Å². The minimum absolute atomic E-state index is 0.399. The van der Waals surface area contributed by atoms with E-state index in [9.17, 15) is 0 Å². The summed E-state index contributed by atoms with van der Waals surface area (Å²) >= 11 is 5.48. The van der Waals surface area contributed by atoms with Crippen molar-refractivity contribution in [2.75, 3.05) is 26.2 Å². The van der Waals surface area contributed by atoms with E-state index in [2.05, 4.69) is 71.4 Å². The standard InChI is InChI=1S/C19H25N3S/c1-15(2)20-19(23)22-12-10-21(11-13-22)14-17-8-5-7-16-6-3-4-9-18(16)17/h3-9,15H,10-14H2,1-2H3,(H,20,23). The third kappa shape index (κ3) is 4.01. The second-order valence-corrected chi connectivity index (χ2v) is 6.89. The van der Waals surface area contributed by atoms with Crippen molar-refractivity contribution >= 4 is 28.1 Å². The fraction of sp³-hybridized carbons (Fsp3) is 0.421. The molecule has 3 nitrogen and oxygen atoms in total. The van der Waals surface area contributed by atoms with Gasteiger partial charge in [0.15, 0.2) is 5.11 Å². The van der Waals surface area contributed by atoms with Gasteiger partial charge in [0.1, 0.15) is 0 Å². The molecule has 0 spiro atoms. The number of rotatable bonds is 3. The van der Waals surface area contributed by atoms with Gasteiger partial charge < -0.3 is 10.2 Å². The van der Waals surface area contributed by atoms with E-state index in [0.717, 1.165) is 37.8 Å². The molecule has 3 rings (SSSR count). The first kappa shape index (κ1) is 16.2. The van der Waals surface area contributed by atoms with E-state index < -0.39 is 0 Å². The number of benzene rings is 2. The summed E-state index contributed by atoms with van der Waals surface area (Å²) in [5.41, 5.74) is 1.42. The minimum atomic E-state index is 0.399. The highest BCUT2D eigenvalue weighted by atomic mass is 32.1. The summed E-state index contributed by atoms with van der Waals surface area (Å²) in [4.78, 5) is 4.81. The molecule has 23 heavy (non-hydrogen) atoms. The molecule has 1 heterocycles. The number of hydrogen-bond acceptors (Lipinski definition) is 2. The Kier molecular flexibility index (Phi) is 5.13. The fourth-order valence-electron chi connectivity index (χ4n) is 3.12. The van der Waals surface area contributed by atoms with Crippen LogP contribution in [0, 0.1) is 0 Å². The zero-order valence-corrected chi connectivity index (χ0v) is 14.8. The second kappa shape index (κ2) is 7.28. The van der Waals surface area contributed by atoms with E-state index in [4.69, 9.17) is 12.2 Å². The van der Waals surface area contributed by atoms with Crippen molar-refractivity contribution in [3.05, 3.63) is 48.0 Å². The zero-order valence-electron chi connectivity index (χ0n) is 14.0. The van der Waals surface area contributed by atoms with Gasteiger partial charge >= 0.3 is 0 Å². The molecule has 2 aromatic rings. The van der Waals surface area contributed by atoms with E-state index in [0.29, 0.717) is 6.04 Å². The van der Waals surface area contributed by atoms with Gasteiger partial charge in [0.2, 0.25) is 0 Å². The van der Waals surface area contributed by atoms with Crippen molar-refractivity contribution in [1.29, 1.82) is 0 Å². The Morgan fingerprint density at radius 3 is 2.48 bits per heavy atom. The van der Waals surface area contributed by atoms with Crippen LogP contribution >= 0.6 is 12.2 Å². The molecule has 0 bridgehead atoms. The first-order valence-corrected chi connectivity index (χ1v) is 8.79. The molecule has 0 unspecified atom stereocenters. The lowest BCUT2D eigenvalue weighted by Gasteiger charge is -2.36. The summed E-state index contributed by atoms with van der Waals surface area (Å²) in [5, 5.41) is 6.93. The maximum atomic E-state index is 5.48. The van der Waals surface area contributed by atoms with Gasteiger partial charge in [-0.1, -0.05) is 42.5 Å². The van der Waals surface area contributed by atoms with Crippen LogP contribution in [0.15, 0.2) is 42.5 Å². The van der Waals surface area contributed by atoms with Crippen LogP contribution in [-0.4, -0.2) is 47.1 Å². The Morgan fingerprint density at radius 2 is 1.74 bits per heavy atom.